The van der Waals surface area contributed by atoms with Crippen molar-refractivity contribution in [3.8, 4) is 0 Å². The molecule has 0 radical (unpaired) electrons. The fraction of sp³-hybridized carbons (Fsp3) is 0.373. The summed E-state index contributed by atoms with van der Waals surface area (Å²) in [6.45, 7) is 39.2. The van der Waals surface area contributed by atoms with E-state index in [2.05, 4.69) is 245 Å². The molecule has 370 valence electrons. The van der Waals surface area contributed by atoms with Gasteiger partial charge in [-0.2, -0.15) is 0 Å². The first-order valence-electron chi connectivity index (χ1n) is 26.2. The third kappa shape index (κ3) is 16.4. The van der Waals surface area contributed by atoms with Crippen molar-refractivity contribution in [3.05, 3.63) is 245 Å². The third-order valence-electron chi connectivity index (χ3n) is 12.2. The SMILES string of the molecule is C=C/C=C(\C=C/CN(C1=CC=C(C2(C(=C)/C=C\C)C(/C=C\C)=C(C)C3=CC2C=CC=C3)CC=C1)/C(=C/C=C(\C)c1ccccc1)CC)C1=C(OC(C)C)C(C/C=C\C)CCC=C1.CC.CC.CCC. The quantitative estimate of drug-likeness (QED) is 0.107. The molecule has 0 N–H and O–H groups in total. The van der Waals surface area contributed by atoms with Crippen molar-refractivity contribution in [3.63, 3.8) is 0 Å². The lowest BCUT2D eigenvalue weighted by Crippen LogP contribution is -2.37. The van der Waals surface area contributed by atoms with Crippen LogP contribution in [0.4, 0.5) is 0 Å². The second-order valence-electron chi connectivity index (χ2n) is 17.4. The topological polar surface area (TPSA) is 12.5 Å². The molecule has 0 aliphatic heterocycles. The van der Waals surface area contributed by atoms with Gasteiger partial charge >= 0.3 is 0 Å². The molecule has 1 aromatic rings. The Bertz CT molecular complexity index is 2300. The Hall–Kier alpha value is -5.86. The van der Waals surface area contributed by atoms with Gasteiger partial charge in [-0.1, -0.05) is 225 Å². The van der Waals surface area contributed by atoms with Crippen molar-refractivity contribution in [2.45, 2.75) is 142 Å². The van der Waals surface area contributed by atoms with Crippen LogP contribution in [0.3, 0.4) is 0 Å². The summed E-state index contributed by atoms with van der Waals surface area (Å²) in [6, 6.07) is 10.6. The standard InChI is InChI=1S/C60H71NO.C3H8.2C2H6/c1-11-16-29-51-32-21-23-38-57(59(51)62-45(6)7)50(27-13-3)34-25-43-61(55(15-5)41-39-46(8)49-30-18-17-19-31-49)56-37-24-36-53(40-42-56)60(47(9)26-12-2)54-35-22-20-33-52(44-54)48(10)58(60)28-14-4;1-3-2;2*1-2/h11-14,16-20,22-28,30-31,33-35,37-42,44-45,51,54H,3,9,15,21,29,32,36,43H2,1-2,4-8,10H3;3H2,1-2H3;2*1-2H3/b16-11-,26-12-,28-14-,34-25-,46-39+,50-27+,55-41+;;;. The smallest absolute Gasteiger partial charge is 0.108 e. The van der Waals surface area contributed by atoms with E-state index in [0.717, 1.165) is 60.3 Å². The maximum Gasteiger partial charge on any atom is 0.108 e. The molecular weight excluding hydrogens is 835 g/mol. The summed E-state index contributed by atoms with van der Waals surface area (Å²) in [6.07, 6.45) is 57.9. The summed E-state index contributed by atoms with van der Waals surface area (Å²) in [5.41, 5.74) is 13.0. The van der Waals surface area contributed by atoms with Crippen molar-refractivity contribution in [1.82, 2.24) is 4.90 Å². The molecule has 0 spiro atoms. The van der Waals surface area contributed by atoms with E-state index in [4.69, 9.17) is 11.3 Å². The minimum Gasteiger partial charge on any atom is -0.494 e. The van der Waals surface area contributed by atoms with E-state index in [9.17, 15) is 0 Å². The summed E-state index contributed by atoms with van der Waals surface area (Å²) in [5.74, 6) is 1.49. The first-order chi connectivity index (χ1) is 33.5. The highest BCUT2D eigenvalue weighted by atomic mass is 16.5. The molecule has 3 atom stereocenters. The van der Waals surface area contributed by atoms with Gasteiger partial charge in [0.15, 0.2) is 0 Å². The average molecular weight is 926 g/mol. The van der Waals surface area contributed by atoms with Gasteiger partial charge in [-0.3, -0.25) is 0 Å². The van der Waals surface area contributed by atoms with Gasteiger partial charge in [0.1, 0.15) is 5.76 Å². The number of allylic oxidation sites excluding steroid dienone is 32. The Morgan fingerprint density at radius 1 is 0.870 bits per heavy atom. The Balaban J connectivity index is 0.00000221. The van der Waals surface area contributed by atoms with E-state index in [1.165, 1.54) is 45.5 Å². The third-order valence-corrected chi connectivity index (χ3v) is 12.2. The fourth-order valence-electron chi connectivity index (χ4n) is 9.18. The Kier molecular flexibility index (Phi) is 28.2. The zero-order chi connectivity index (χ0) is 51.2. The molecule has 0 heterocycles. The maximum absolute atomic E-state index is 6.67. The predicted octanol–water partition coefficient (Wildman–Crippen LogP) is 19.9. The fourth-order valence-corrected chi connectivity index (χ4v) is 9.18. The molecule has 0 amide bonds. The van der Waals surface area contributed by atoms with Crippen LogP contribution in [-0.2, 0) is 4.74 Å². The number of ether oxygens (including phenoxy) is 1. The van der Waals surface area contributed by atoms with E-state index in [1.54, 1.807) is 0 Å². The first-order valence-corrected chi connectivity index (χ1v) is 26.2. The van der Waals surface area contributed by atoms with Crippen molar-refractivity contribution in [1.29, 1.82) is 0 Å². The summed E-state index contributed by atoms with van der Waals surface area (Å²) < 4.78 is 6.67. The number of fused-ring (bicyclic) bond motifs is 1. The van der Waals surface area contributed by atoms with Crippen LogP contribution in [-0.4, -0.2) is 17.5 Å². The molecule has 0 saturated carbocycles. The highest BCUT2D eigenvalue weighted by Gasteiger charge is 2.47. The second kappa shape index (κ2) is 32.8. The molecule has 1 aromatic carbocycles. The minimum atomic E-state index is -0.444. The van der Waals surface area contributed by atoms with Crippen LogP contribution in [0.25, 0.3) is 5.57 Å². The van der Waals surface area contributed by atoms with Crippen molar-refractivity contribution in [2.75, 3.05) is 6.54 Å². The molecule has 0 fully saturated rings. The van der Waals surface area contributed by atoms with Crippen LogP contribution >= 0.6 is 0 Å². The zero-order valence-corrected chi connectivity index (χ0v) is 45.6. The van der Waals surface area contributed by atoms with Gasteiger partial charge in [-0.15, -0.1) is 0 Å². The largest absolute Gasteiger partial charge is 0.494 e. The van der Waals surface area contributed by atoms with Gasteiger partial charge in [-0.25, -0.2) is 0 Å². The summed E-state index contributed by atoms with van der Waals surface area (Å²) in [4.78, 5) is 2.47. The van der Waals surface area contributed by atoms with Gasteiger partial charge in [0.05, 0.1) is 11.5 Å². The van der Waals surface area contributed by atoms with Crippen LogP contribution in [0.2, 0.25) is 0 Å². The monoisotopic (exact) mass is 926 g/mol. The van der Waals surface area contributed by atoms with Gasteiger partial charge in [0.2, 0.25) is 0 Å². The van der Waals surface area contributed by atoms with E-state index in [-0.39, 0.29) is 12.0 Å². The Morgan fingerprint density at radius 3 is 2.23 bits per heavy atom. The van der Waals surface area contributed by atoms with Crippen molar-refractivity contribution >= 4 is 5.57 Å². The summed E-state index contributed by atoms with van der Waals surface area (Å²) in [5, 5.41) is 0. The Labute approximate surface area is 423 Å². The van der Waals surface area contributed by atoms with E-state index in [1.807, 2.05) is 33.8 Å². The lowest BCUT2D eigenvalue weighted by atomic mass is 9.56. The van der Waals surface area contributed by atoms with Crippen LogP contribution in [0, 0.1) is 17.3 Å². The van der Waals surface area contributed by atoms with Gasteiger partial charge < -0.3 is 9.64 Å². The van der Waals surface area contributed by atoms with Crippen LogP contribution in [0.1, 0.15) is 141 Å². The van der Waals surface area contributed by atoms with Crippen molar-refractivity contribution < 1.29 is 4.74 Å². The number of hydrogen-bond acceptors (Lipinski definition) is 2. The van der Waals surface area contributed by atoms with E-state index >= 15 is 0 Å². The number of benzene rings is 1. The highest BCUT2D eigenvalue weighted by molar-refractivity contribution is 5.66. The number of nitrogens with zero attached hydrogens (tertiary/aromatic N) is 1. The molecule has 2 nitrogen and oxygen atoms in total. The van der Waals surface area contributed by atoms with Crippen LogP contribution in [0.15, 0.2) is 239 Å². The highest BCUT2D eigenvalue weighted by Crippen LogP contribution is 2.57. The van der Waals surface area contributed by atoms with Crippen LogP contribution in [0.5, 0.6) is 0 Å². The molecule has 3 unspecified atom stereocenters. The summed E-state index contributed by atoms with van der Waals surface area (Å²) >= 11 is 0. The normalized spacial score (nSPS) is 20.6. The molecule has 2 heteroatoms. The van der Waals surface area contributed by atoms with Gasteiger partial charge in [-0.05, 0) is 138 Å². The maximum atomic E-state index is 6.67. The summed E-state index contributed by atoms with van der Waals surface area (Å²) in [7, 11) is 0. The molecule has 0 aromatic heterocycles. The minimum absolute atomic E-state index is 0.0744. The molecule has 4 aliphatic carbocycles. The molecular formula is C67H91NO. The number of hydrogen-bond donors (Lipinski definition) is 0. The number of rotatable bonds is 18. The second-order valence-corrected chi connectivity index (χ2v) is 17.4. The lowest BCUT2D eigenvalue weighted by molar-refractivity contribution is 0.117. The molecule has 2 bridgehead atoms. The molecule has 69 heavy (non-hydrogen) atoms. The molecule has 0 saturated heterocycles. The van der Waals surface area contributed by atoms with Gasteiger partial charge in [0, 0.05) is 35.3 Å². The predicted molar refractivity (Wildman–Crippen MR) is 309 cm³/mol. The van der Waals surface area contributed by atoms with E-state index < -0.39 is 5.41 Å². The molecule has 4 aliphatic rings. The Morgan fingerprint density at radius 2 is 1.59 bits per heavy atom. The average Bonchev–Trinajstić information content (AvgIpc) is 3.84. The molecule has 5 rings (SSSR count). The van der Waals surface area contributed by atoms with E-state index in [0.29, 0.717) is 12.5 Å². The zero-order valence-electron chi connectivity index (χ0n) is 45.6. The first kappa shape index (κ1) is 59.3. The lowest BCUT2D eigenvalue weighted by Gasteiger charge is -2.46. The van der Waals surface area contributed by atoms with Crippen molar-refractivity contribution in [2.24, 2.45) is 17.3 Å². The van der Waals surface area contributed by atoms with Gasteiger partial charge in [0.25, 0.3) is 0 Å². The van der Waals surface area contributed by atoms with Crippen LogP contribution < -0.4 is 0 Å².